The largest absolute Gasteiger partial charge is 0.456 e. The molecule has 0 amide bonds. The third-order valence-corrected chi connectivity index (χ3v) is 13.2. The van der Waals surface area contributed by atoms with Gasteiger partial charge < -0.3 is 13.4 Å². The second-order valence-corrected chi connectivity index (χ2v) is 17.8. The van der Waals surface area contributed by atoms with Crippen LogP contribution in [-0.4, -0.2) is 4.57 Å². The first-order chi connectivity index (χ1) is 33.4. The van der Waals surface area contributed by atoms with Crippen LogP contribution in [-0.2, 0) is 6.42 Å². The number of aromatic nitrogens is 1. The van der Waals surface area contributed by atoms with Crippen molar-refractivity contribution < 1.29 is 8.83 Å². The Morgan fingerprint density at radius 2 is 0.691 bits per heavy atom. The molecule has 68 heavy (non-hydrogen) atoms. The Hall–Kier alpha value is -8.40. The summed E-state index contributed by atoms with van der Waals surface area (Å²) in [6.45, 7) is 8.58. The van der Waals surface area contributed by atoms with Crippen LogP contribution in [0.4, 0.5) is 0 Å². The maximum absolute atomic E-state index is 5.88. The molecule has 0 saturated carbocycles. The molecule has 0 atom stereocenters. The molecule has 0 aliphatic carbocycles. The van der Waals surface area contributed by atoms with Crippen LogP contribution in [0.3, 0.4) is 0 Å². The number of nitrogens with zero attached hydrogens (tertiary/aromatic N) is 1. The quantitative estimate of drug-likeness (QED) is 0.172. The fourth-order valence-corrected chi connectivity index (χ4v) is 9.41. The number of fused-ring (bicyclic) bond motifs is 9. The van der Waals surface area contributed by atoms with Gasteiger partial charge in [0, 0.05) is 38.0 Å². The summed E-state index contributed by atoms with van der Waals surface area (Å²) in [5.74, 6) is 0. The third kappa shape index (κ3) is 8.25. The number of rotatable bonds is 5. The van der Waals surface area contributed by atoms with Gasteiger partial charge in [0.25, 0.3) is 0 Å². The highest BCUT2D eigenvalue weighted by molar-refractivity contribution is 6.11. The van der Waals surface area contributed by atoms with Gasteiger partial charge in [0.15, 0.2) is 0 Å². The highest BCUT2D eigenvalue weighted by Gasteiger charge is 2.14. The molecule has 3 aromatic heterocycles. The smallest absolute Gasteiger partial charge is 0.135 e. The molecule has 0 aliphatic rings. The minimum Gasteiger partial charge on any atom is -0.456 e. The van der Waals surface area contributed by atoms with Crippen LogP contribution in [0.15, 0.2) is 233 Å². The summed E-state index contributed by atoms with van der Waals surface area (Å²) in [7, 11) is 0. The topological polar surface area (TPSA) is 31.2 Å². The number of para-hydroxylation sites is 3. The number of benzene rings is 10. The second kappa shape index (κ2) is 18.1. The predicted molar refractivity (Wildman–Crippen MR) is 288 cm³/mol. The van der Waals surface area contributed by atoms with E-state index in [2.05, 4.69) is 232 Å². The number of hydrogen-bond acceptors (Lipinski definition) is 2. The van der Waals surface area contributed by atoms with Gasteiger partial charge in [0.1, 0.15) is 22.3 Å². The summed E-state index contributed by atoms with van der Waals surface area (Å²) >= 11 is 0. The average Bonchev–Trinajstić information content (AvgIpc) is 4.06. The number of furan rings is 2. The minimum absolute atomic E-state index is 0.946. The van der Waals surface area contributed by atoms with Crippen molar-refractivity contribution in [3.05, 3.63) is 247 Å². The SMILES string of the molecule is CCc1ccc(-c2ccc3oc4ccccc4c3c2)cc1.Cc1ccc(-c2ccc3c(c2)c2cc(C)ccc2n3-c2ccccc2)cc1.Cc1ccc(-c2ccc3oc4ccccc4c3c2)cc1. The van der Waals surface area contributed by atoms with Crippen LogP contribution < -0.4 is 0 Å². The summed E-state index contributed by atoms with van der Waals surface area (Å²) < 4.78 is 14.1. The minimum atomic E-state index is 0.946. The van der Waals surface area contributed by atoms with Crippen molar-refractivity contribution >= 4 is 65.7 Å². The van der Waals surface area contributed by atoms with Crippen LogP contribution in [0.25, 0.3) is 105 Å². The van der Waals surface area contributed by atoms with Gasteiger partial charge in [-0.25, -0.2) is 0 Å². The normalized spacial score (nSPS) is 11.3. The fraction of sp³-hybridized carbons (Fsp3) is 0.0769. The maximum Gasteiger partial charge on any atom is 0.135 e. The van der Waals surface area contributed by atoms with E-state index in [1.165, 1.54) is 105 Å². The summed E-state index contributed by atoms with van der Waals surface area (Å²) in [4.78, 5) is 0. The van der Waals surface area contributed by atoms with Crippen molar-refractivity contribution in [3.8, 4) is 39.1 Å². The van der Waals surface area contributed by atoms with Crippen molar-refractivity contribution in [1.82, 2.24) is 4.57 Å². The molecule has 3 nitrogen and oxygen atoms in total. The van der Waals surface area contributed by atoms with Crippen molar-refractivity contribution in [2.24, 2.45) is 0 Å². The van der Waals surface area contributed by atoms with Crippen molar-refractivity contribution in [1.29, 1.82) is 0 Å². The van der Waals surface area contributed by atoms with Crippen molar-refractivity contribution in [3.63, 3.8) is 0 Å². The van der Waals surface area contributed by atoms with Gasteiger partial charge in [-0.1, -0.05) is 175 Å². The van der Waals surface area contributed by atoms with E-state index < -0.39 is 0 Å². The van der Waals surface area contributed by atoms with Gasteiger partial charge in [0.2, 0.25) is 0 Å². The van der Waals surface area contributed by atoms with Gasteiger partial charge in [0.05, 0.1) is 11.0 Å². The molecule has 328 valence electrons. The monoisotopic (exact) mass is 877 g/mol. The molecule has 0 spiro atoms. The molecule has 10 aromatic carbocycles. The van der Waals surface area contributed by atoms with Crippen LogP contribution in [0, 0.1) is 20.8 Å². The molecule has 0 radical (unpaired) electrons. The Morgan fingerprint density at radius 1 is 0.309 bits per heavy atom. The zero-order chi connectivity index (χ0) is 46.1. The first-order valence-corrected chi connectivity index (χ1v) is 23.5. The molecule has 13 rings (SSSR count). The zero-order valence-electron chi connectivity index (χ0n) is 38.8. The average molecular weight is 878 g/mol. The van der Waals surface area contributed by atoms with E-state index >= 15 is 0 Å². The van der Waals surface area contributed by atoms with E-state index in [-0.39, 0.29) is 0 Å². The molecule has 0 N–H and O–H groups in total. The molecular weight excluding hydrogens is 827 g/mol. The molecule has 0 saturated heterocycles. The molecule has 13 aromatic rings. The van der Waals surface area contributed by atoms with Gasteiger partial charge >= 0.3 is 0 Å². The summed E-state index contributed by atoms with van der Waals surface area (Å²) in [5, 5.41) is 7.33. The van der Waals surface area contributed by atoms with E-state index in [9.17, 15) is 0 Å². The third-order valence-electron chi connectivity index (χ3n) is 13.2. The van der Waals surface area contributed by atoms with Gasteiger partial charge in [-0.2, -0.15) is 0 Å². The lowest BCUT2D eigenvalue weighted by atomic mass is 10.0. The molecule has 0 bridgehead atoms. The van der Waals surface area contributed by atoms with E-state index in [1.807, 2.05) is 24.3 Å². The first-order valence-electron chi connectivity index (χ1n) is 23.5. The molecular formula is C65H51NO2. The zero-order valence-corrected chi connectivity index (χ0v) is 38.8. The van der Waals surface area contributed by atoms with E-state index in [4.69, 9.17) is 8.83 Å². The molecule has 0 aliphatic heterocycles. The fourth-order valence-electron chi connectivity index (χ4n) is 9.41. The van der Waals surface area contributed by atoms with Crippen molar-refractivity contribution in [2.45, 2.75) is 34.1 Å². The van der Waals surface area contributed by atoms with Gasteiger partial charge in [-0.3, -0.25) is 0 Å². The number of aryl methyl sites for hydroxylation is 4. The van der Waals surface area contributed by atoms with Crippen LogP contribution in [0.5, 0.6) is 0 Å². The Bertz CT molecular complexity index is 3890. The second-order valence-electron chi connectivity index (χ2n) is 17.8. The highest BCUT2D eigenvalue weighted by atomic mass is 16.3. The molecule has 3 heterocycles. The molecule has 0 fully saturated rings. The van der Waals surface area contributed by atoms with Gasteiger partial charge in [-0.05, 0) is 139 Å². The van der Waals surface area contributed by atoms with Crippen molar-refractivity contribution in [2.75, 3.05) is 0 Å². The Kier molecular flexibility index (Phi) is 11.3. The summed E-state index contributed by atoms with van der Waals surface area (Å²) in [5.41, 5.74) is 20.2. The predicted octanol–water partition coefficient (Wildman–Crippen LogP) is 18.4. The molecule has 3 heteroatoms. The summed E-state index contributed by atoms with van der Waals surface area (Å²) in [6.07, 6.45) is 1.08. The maximum atomic E-state index is 5.88. The lowest BCUT2D eigenvalue weighted by molar-refractivity contribution is 0.668. The van der Waals surface area contributed by atoms with E-state index in [0.717, 1.165) is 28.8 Å². The lowest BCUT2D eigenvalue weighted by Gasteiger charge is -2.08. The van der Waals surface area contributed by atoms with Gasteiger partial charge in [-0.15, -0.1) is 0 Å². The Balaban J connectivity index is 0.000000113. The van der Waals surface area contributed by atoms with E-state index in [1.54, 1.807) is 0 Å². The van der Waals surface area contributed by atoms with Crippen LogP contribution in [0.1, 0.15) is 29.2 Å². The van der Waals surface area contributed by atoms with Crippen LogP contribution in [0.2, 0.25) is 0 Å². The standard InChI is InChI=1S/C26H21N.C20H16O.C19H14O/c1-18-8-11-20(12-9-18)21-13-15-26-24(17-21)23-16-19(2)10-14-25(23)27(26)22-6-4-3-5-7-22;1-2-14-7-9-15(10-8-14)16-11-12-20-18(13-16)17-5-3-4-6-19(17)21-20;1-13-6-8-14(9-7-13)15-10-11-19-17(12-15)16-4-2-3-5-18(16)20-19/h3-17H,1-2H3;3-13H,2H2,1H3;2-12H,1H3. The summed E-state index contributed by atoms with van der Waals surface area (Å²) in [6, 6.07) is 79.6. The van der Waals surface area contributed by atoms with Crippen LogP contribution >= 0.6 is 0 Å². The first kappa shape index (κ1) is 42.2. The lowest BCUT2D eigenvalue weighted by Crippen LogP contribution is -1.93. The Morgan fingerprint density at radius 3 is 1.21 bits per heavy atom. The highest BCUT2D eigenvalue weighted by Crippen LogP contribution is 2.37. The molecule has 0 unspecified atom stereocenters. The van der Waals surface area contributed by atoms with E-state index in [0.29, 0.717) is 0 Å². The Labute approximate surface area is 397 Å². The number of hydrogen-bond donors (Lipinski definition) is 0.